The van der Waals surface area contributed by atoms with Crippen molar-refractivity contribution in [1.29, 1.82) is 0 Å². The SMILES string of the molecule is CCC(CC)N1CCN(C(=O)c2ccc(CN(C)C)cc2)CC1.Cl.Cl. The number of piperazine rings is 1. The van der Waals surface area contributed by atoms with Crippen LogP contribution in [0.25, 0.3) is 0 Å². The summed E-state index contributed by atoms with van der Waals surface area (Å²) in [4.78, 5) is 19.3. The van der Waals surface area contributed by atoms with E-state index in [0.29, 0.717) is 6.04 Å². The van der Waals surface area contributed by atoms with E-state index in [1.165, 1.54) is 18.4 Å². The third kappa shape index (κ3) is 6.78. The van der Waals surface area contributed by atoms with Crippen molar-refractivity contribution >= 4 is 30.7 Å². The third-order valence-corrected chi connectivity index (χ3v) is 4.76. The summed E-state index contributed by atoms with van der Waals surface area (Å²) in [5.74, 6) is 0.172. The highest BCUT2D eigenvalue weighted by molar-refractivity contribution is 5.94. The third-order valence-electron chi connectivity index (χ3n) is 4.76. The largest absolute Gasteiger partial charge is 0.336 e. The molecule has 1 amide bonds. The van der Waals surface area contributed by atoms with E-state index in [9.17, 15) is 4.79 Å². The number of benzene rings is 1. The lowest BCUT2D eigenvalue weighted by molar-refractivity contribution is 0.0559. The lowest BCUT2D eigenvalue weighted by atomic mass is 10.1. The molecule has 144 valence electrons. The zero-order chi connectivity index (χ0) is 16.8. The van der Waals surface area contributed by atoms with Crippen LogP contribution < -0.4 is 0 Å². The van der Waals surface area contributed by atoms with Crippen LogP contribution in [0.15, 0.2) is 24.3 Å². The number of amides is 1. The molecule has 1 aliphatic rings. The van der Waals surface area contributed by atoms with Gasteiger partial charge in [0.15, 0.2) is 0 Å². The fraction of sp³-hybridized carbons (Fsp3) is 0.632. The molecule has 1 aliphatic heterocycles. The van der Waals surface area contributed by atoms with Crippen molar-refractivity contribution in [3.05, 3.63) is 35.4 Å². The zero-order valence-electron chi connectivity index (χ0n) is 15.9. The molecule has 0 aliphatic carbocycles. The number of nitrogens with zero attached hydrogens (tertiary/aromatic N) is 3. The minimum absolute atomic E-state index is 0. The van der Waals surface area contributed by atoms with Crippen LogP contribution in [0.1, 0.15) is 42.6 Å². The summed E-state index contributed by atoms with van der Waals surface area (Å²) in [6.07, 6.45) is 2.38. The Balaban J connectivity index is 0.00000288. The summed E-state index contributed by atoms with van der Waals surface area (Å²) in [6, 6.07) is 8.72. The van der Waals surface area contributed by atoms with E-state index in [2.05, 4.69) is 49.9 Å². The van der Waals surface area contributed by atoms with Crippen molar-refractivity contribution in [2.45, 2.75) is 39.3 Å². The van der Waals surface area contributed by atoms with Crippen LogP contribution in [0, 0.1) is 0 Å². The molecule has 0 atom stereocenters. The number of halogens is 2. The average Bonchev–Trinajstić information content (AvgIpc) is 2.56. The molecule has 1 saturated heterocycles. The Kier molecular flexibility index (Phi) is 11.4. The monoisotopic (exact) mass is 389 g/mol. The molecule has 1 aromatic carbocycles. The highest BCUT2D eigenvalue weighted by Crippen LogP contribution is 2.15. The van der Waals surface area contributed by atoms with E-state index in [0.717, 1.165) is 38.3 Å². The molecule has 0 bridgehead atoms. The quantitative estimate of drug-likeness (QED) is 0.744. The van der Waals surface area contributed by atoms with Gasteiger partial charge in [-0.15, -0.1) is 24.8 Å². The maximum Gasteiger partial charge on any atom is 0.253 e. The lowest BCUT2D eigenvalue weighted by Crippen LogP contribution is -2.51. The van der Waals surface area contributed by atoms with Gasteiger partial charge in [0.1, 0.15) is 0 Å². The van der Waals surface area contributed by atoms with Gasteiger partial charge in [0.05, 0.1) is 0 Å². The Morgan fingerprint density at radius 3 is 1.96 bits per heavy atom. The van der Waals surface area contributed by atoms with Crippen molar-refractivity contribution in [1.82, 2.24) is 14.7 Å². The highest BCUT2D eigenvalue weighted by Gasteiger charge is 2.25. The summed E-state index contributed by atoms with van der Waals surface area (Å²) < 4.78 is 0. The van der Waals surface area contributed by atoms with Crippen LogP contribution in [0.3, 0.4) is 0 Å². The molecule has 0 N–H and O–H groups in total. The van der Waals surface area contributed by atoms with Crippen molar-refractivity contribution in [3.8, 4) is 0 Å². The van der Waals surface area contributed by atoms with Gasteiger partial charge in [-0.25, -0.2) is 0 Å². The molecule has 4 nitrogen and oxygen atoms in total. The molecule has 0 spiro atoms. The second-order valence-corrected chi connectivity index (χ2v) is 6.73. The molecule has 0 aromatic heterocycles. The van der Waals surface area contributed by atoms with Crippen molar-refractivity contribution in [2.75, 3.05) is 40.3 Å². The molecule has 1 fully saturated rings. The Bertz CT molecular complexity index is 496. The second-order valence-electron chi connectivity index (χ2n) is 6.73. The minimum atomic E-state index is 0. The predicted octanol–water partition coefficient (Wildman–Crippen LogP) is 3.54. The van der Waals surface area contributed by atoms with Crippen LogP contribution in [0.4, 0.5) is 0 Å². The maximum atomic E-state index is 12.6. The minimum Gasteiger partial charge on any atom is -0.336 e. The molecule has 2 rings (SSSR count). The number of rotatable bonds is 6. The summed E-state index contributed by atoms with van der Waals surface area (Å²) in [5, 5.41) is 0. The molecule has 0 saturated carbocycles. The van der Waals surface area contributed by atoms with Gasteiger partial charge in [-0.05, 0) is 44.6 Å². The van der Waals surface area contributed by atoms with Crippen LogP contribution in [-0.4, -0.2) is 66.9 Å². The number of carbonyl (C=O) groups is 1. The fourth-order valence-electron chi connectivity index (χ4n) is 3.40. The Morgan fingerprint density at radius 2 is 1.52 bits per heavy atom. The van der Waals surface area contributed by atoms with Crippen LogP contribution in [-0.2, 0) is 6.54 Å². The van der Waals surface area contributed by atoms with Crippen LogP contribution in [0.2, 0.25) is 0 Å². The van der Waals surface area contributed by atoms with E-state index in [1.54, 1.807) is 0 Å². The van der Waals surface area contributed by atoms with Crippen LogP contribution in [0.5, 0.6) is 0 Å². The first kappa shape index (κ1) is 24.2. The molecular weight excluding hydrogens is 357 g/mol. The summed E-state index contributed by atoms with van der Waals surface area (Å²) in [6.45, 7) is 9.09. The molecule has 0 unspecified atom stereocenters. The number of hydrogen-bond donors (Lipinski definition) is 0. The normalized spacial score (nSPS) is 15.0. The Hall–Kier alpha value is -0.810. The van der Waals surface area contributed by atoms with Gasteiger partial charge in [-0.3, -0.25) is 9.69 Å². The van der Waals surface area contributed by atoms with Gasteiger partial charge in [0.25, 0.3) is 5.91 Å². The highest BCUT2D eigenvalue weighted by atomic mass is 35.5. The van der Waals surface area contributed by atoms with Crippen molar-refractivity contribution in [3.63, 3.8) is 0 Å². The van der Waals surface area contributed by atoms with Crippen molar-refractivity contribution < 1.29 is 4.79 Å². The zero-order valence-corrected chi connectivity index (χ0v) is 17.5. The van der Waals surface area contributed by atoms with E-state index in [1.807, 2.05) is 17.0 Å². The van der Waals surface area contributed by atoms with E-state index in [4.69, 9.17) is 0 Å². The number of hydrogen-bond acceptors (Lipinski definition) is 3. The molecule has 1 heterocycles. The Morgan fingerprint density at radius 1 is 1.00 bits per heavy atom. The number of carbonyl (C=O) groups excluding carboxylic acids is 1. The first-order valence-electron chi connectivity index (χ1n) is 8.82. The molecule has 25 heavy (non-hydrogen) atoms. The summed E-state index contributed by atoms with van der Waals surface area (Å²) in [5.41, 5.74) is 2.05. The summed E-state index contributed by atoms with van der Waals surface area (Å²) in [7, 11) is 4.11. The van der Waals surface area contributed by atoms with Gasteiger partial charge in [0, 0.05) is 44.3 Å². The Labute approximate surface area is 165 Å². The smallest absolute Gasteiger partial charge is 0.253 e. The molecule has 1 aromatic rings. The topological polar surface area (TPSA) is 26.8 Å². The van der Waals surface area contributed by atoms with E-state index < -0.39 is 0 Å². The molecular formula is C19H33Cl2N3O. The van der Waals surface area contributed by atoms with Gasteiger partial charge < -0.3 is 9.80 Å². The van der Waals surface area contributed by atoms with Crippen LogP contribution >= 0.6 is 24.8 Å². The van der Waals surface area contributed by atoms with Gasteiger partial charge >= 0.3 is 0 Å². The van der Waals surface area contributed by atoms with Gasteiger partial charge in [0.2, 0.25) is 0 Å². The fourth-order valence-corrected chi connectivity index (χ4v) is 3.40. The predicted molar refractivity (Wildman–Crippen MR) is 110 cm³/mol. The summed E-state index contributed by atoms with van der Waals surface area (Å²) >= 11 is 0. The van der Waals surface area contributed by atoms with E-state index >= 15 is 0 Å². The van der Waals surface area contributed by atoms with Gasteiger partial charge in [-0.1, -0.05) is 26.0 Å². The lowest BCUT2D eigenvalue weighted by Gasteiger charge is -2.38. The molecule has 6 heteroatoms. The standard InChI is InChI=1S/C19H31N3O.2ClH/c1-5-18(6-2)21-11-13-22(14-12-21)19(23)17-9-7-16(8-10-17)15-20(3)4;;/h7-10,18H,5-6,11-15H2,1-4H3;2*1H. The van der Waals surface area contributed by atoms with Crippen molar-refractivity contribution in [2.24, 2.45) is 0 Å². The molecule has 0 radical (unpaired) electrons. The van der Waals surface area contributed by atoms with E-state index in [-0.39, 0.29) is 30.7 Å². The maximum absolute atomic E-state index is 12.6. The van der Waals surface area contributed by atoms with Gasteiger partial charge in [-0.2, -0.15) is 0 Å². The average molecular weight is 390 g/mol. The second kappa shape index (κ2) is 11.7. The first-order chi connectivity index (χ1) is 11.0. The first-order valence-corrected chi connectivity index (χ1v) is 8.82.